The van der Waals surface area contributed by atoms with Gasteiger partial charge in [0, 0.05) is 52.8 Å². The summed E-state index contributed by atoms with van der Waals surface area (Å²) in [6, 6.07) is 3.91. The summed E-state index contributed by atoms with van der Waals surface area (Å²) in [4.78, 5) is -0.0851. The van der Waals surface area contributed by atoms with Crippen molar-refractivity contribution in [2.75, 3.05) is 45.0 Å². The van der Waals surface area contributed by atoms with Crippen LogP contribution in [0.1, 0.15) is 42.8 Å². The molecule has 1 aromatic rings. The highest BCUT2D eigenvalue weighted by Crippen LogP contribution is 2.37. The number of nitrogens with zero attached hydrogens (tertiary/aromatic N) is 2. The van der Waals surface area contributed by atoms with E-state index < -0.39 is 51.3 Å². The maximum atomic E-state index is 8.45. The summed E-state index contributed by atoms with van der Waals surface area (Å²) in [5, 5.41) is 0. The van der Waals surface area contributed by atoms with E-state index in [-0.39, 0.29) is 21.2 Å². The van der Waals surface area contributed by atoms with Crippen LogP contribution in [0.5, 0.6) is 5.75 Å². The molecular formula is C18H29BN2O3. The van der Waals surface area contributed by atoms with E-state index in [9.17, 15) is 0 Å². The quantitative estimate of drug-likeness (QED) is 0.781. The molecule has 0 aliphatic carbocycles. The summed E-state index contributed by atoms with van der Waals surface area (Å²) in [6.45, 7) is -9.65. The number of anilines is 1. The number of hydrogen-bond acceptors (Lipinski definition) is 5. The third-order valence-corrected chi connectivity index (χ3v) is 4.53. The van der Waals surface area contributed by atoms with E-state index in [1.807, 2.05) is 27.7 Å². The van der Waals surface area contributed by atoms with Crippen molar-refractivity contribution in [3.05, 3.63) is 18.2 Å². The first-order chi connectivity index (χ1) is 15.5. The number of benzene rings is 1. The molecular weight excluding hydrogens is 303 g/mol. The van der Waals surface area contributed by atoms with Crippen molar-refractivity contribution in [3.63, 3.8) is 0 Å². The van der Waals surface area contributed by atoms with Crippen molar-refractivity contribution < 1.29 is 29.1 Å². The van der Waals surface area contributed by atoms with Gasteiger partial charge < -0.3 is 23.8 Å². The van der Waals surface area contributed by atoms with Gasteiger partial charge in [0.1, 0.15) is 5.75 Å². The van der Waals surface area contributed by atoms with Gasteiger partial charge in [-0.3, -0.25) is 0 Å². The van der Waals surface area contributed by atoms with Crippen molar-refractivity contribution in [1.82, 2.24) is 4.90 Å². The van der Waals surface area contributed by atoms with Gasteiger partial charge in [-0.25, -0.2) is 0 Å². The van der Waals surface area contributed by atoms with E-state index in [1.165, 1.54) is 25.3 Å². The van der Waals surface area contributed by atoms with Crippen molar-refractivity contribution in [2.45, 2.75) is 38.9 Å². The molecule has 6 heteroatoms. The van der Waals surface area contributed by atoms with Gasteiger partial charge in [0.2, 0.25) is 0 Å². The minimum atomic E-state index is -3.47. The van der Waals surface area contributed by atoms with Gasteiger partial charge in [0.15, 0.2) is 0 Å². The molecule has 2 aliphatic heterocycles. The Kier molecular flexibility index (Phi) is 2.19. The lowest BCUT2D eigenvalue weighted by Crippen LogP contribution is -2.44. The van der Waals surface area contributed by atoms with Crippen molar-refractivity contribution in [1.29, 1.82) is 0 Å². The Balaban J connectivity index is 2.16. The summed E-state index contributed by atoms with van der Waals surface area (Å²) in [7, 11) is 0.449. The zero-order valence-electron chi connectivity index (χ0n) is 25.4. The summed E-state index contributed by atoms with van der Waals surface area (Å²) >= 11 is 0. The molecule has 0 N–H and O–H groups in total. The molecule has 0 unspecified atom stereocenters. The molecule has 5 nitrogen and oxygen atoms in total. The molecule has 0 bridgehead atoms. The van der Waals surface area contributed by atoms with Crippen LogP contribution in [-0.4, -0.2) is 63.3 Å². The lowest BCUT2D eigenvalue weighted by atomic mass is 9.78. The van der Waals surface area contributed by atoms with Gasteiger partial charge in [-0.05, 0) is 40.7 Å². The maximum absolute atomic E-state index is 8.45. The minimum Gasteiger partial charge on any atom is -0.497 e. The monoisotopic (exact) mass is 343 g/mol. The number of piperazine rings is 1. The van der Waals surface area contributed by atoms with E-state index in [2.05, 4.69) is 0 Å². The van der Waals surface area contributed by atoms with Gasteiger partial charge >= 0.3 is 7.12 Å². The number of methoxy groups -OCH3 is 1. The van der Waals surface area contributed by atoms with Crippen LogP contribution >= 0.6 is 0 Å². The molecule has 0 amide bonds. The molecule has 0 spiro atoms. The van der Waals surface area contributed by atoms with Gasteiger partial charge in [-0.1, -0.05) is 6.07 Å². The van der Waals surface area contributed by atoms with Gasteiger partial charge in [0.05, 0.1) is 23.8 Å². The van der Waals surface area contributed by atoms with E-state index in [0.717, 1.165) is 0 Å². The highest BCUT2D eigenvalue weighted by molar-refractivity contribution is 6.63. The molecule has 1 aromatic carbocycles. The van der Waals surface area contributed by atoms with Crippen LogP contribution in [0.15, 0.2) is 18.2 Å². The molecule has 132 valence electrons. The van der Waals surface area contributed by atoms with Crippen LogP contribution in [0, 0.1) is 0 Å². The molecule has 2 fully saturated rings. The van der Waals surface area contributed by atoms with Crippen LogP contribution in [0.4, 0.5) is 5.69 Å². The van der Waals surface area contributed by atoms with Gasteiger partial charge in [-0.2, -0.15) is 0 Å². The molecule has 0 radical (unpaired) electrons. The Morgan fingerprint density at radius 2 is 1.75 bits per heavy atom. The number of likely N-dealkylation sites (N-methyl/N-ethyl adjacent to an activating group) is 1. The summed E-state index contributed by atoms with van der Waals surface area (Å²) < 4.78 is 107. The lowest BCUT2D eigenvalue weighted by molar-refractivity contribution is 0.00578. The largest absolute Gasteiger partial charge is 0.498 e. The van der Waals surface area contributed by atoms with Crippen LogP contribution in [0.2, 0.25) is 0 Å². The highest BCUT2D eigenvalue weighted by Gasteiger charge is 2.52. The van der Waals surface area contributed by atoms with E-state index >= 15 is 0 Å². The average molecular weight is 343 g/mol. The third-order valence-electron chi connectivity index (χ3n) is 4.53. The third kappa shape index (κ3) is 3.15. The second kappa shape index (κ2) is 6.25. The molecule has 2 saturated heterocycles. The smallest absolute Gasteiger partial charge is 0.497 e. The summed E-state index contributed by atoms with van der Waals surface area (Å²) in [5.74, 6) is 0.104. The first-order valence-electron chi connectivity index (χ1n) is 13.1. The second-order valence-electron chi connectivity index (χ2n) is 6.63. The minimum absolute atomic E-state index is 0.104. The van der Waals surface area contributed by atoms with Crippen molar-refractivity contribution >= 4 is 18.3 Å². The highest BCUT2D eigenvalue weighted by atomic mass is 16.7. The fourth-order valence-corrected chi connectivity index (χ4v) is 2.39. The number of rotatable bonds is 3. The Hall–Kier alpha value is -1.24. The van der Waals surface area contributed by atoms with E-state index in [4.69, 9.17) is 29.1 Å². The lowest BCUT2D eigenvalue weighted by Gasteiger charge is -2.34. The number of ether oxygens (including phenoxy) is 1. The van der Waals surface area contributed by atoms with Crippen LogP contribution in [0.25, 0.3) is 0 Å². The molecule has 2 aliphatic rings. The first-order valence-corrected chi connectivity index (χ1v) is 7.61. The molecule has 0 aromatic heterocycles. The van der Waals surface area contributed by atoms with E-state index in [0.29, 0.717) is 5.46 Å². The van der Waals surface area contributed by atoms with Gasteiger partial charge in [-0.15, -0.1) is 0 Å². The predicted molar refractivity (Wildman–Crippen MR) is 98.4 cm³/mol. The van der Waals surface area contributed by atoms with Crippen molar-refractivity contribution in [2.24, 2.45) is 0 Å². The first kappa shape index (κ1) is 8.43. The second-order valence-corrected chi connectivity index (χ2v) is 6.63. The molecule has 3 rings (SSSR count). The maximum Gasteiger partial charge on any atom is 0.498 e. The van der Waals surface area contributed by atoms with Crippen LogP contribution in [0.3, 0.4) is 0 Å². The van der Waals surface area contributed by atoms with E-state index in [1.54, 1.807) is 0 Å². The molecule has 0 atom stereocenters. The van der Waals surface area contributed by atoms with Crippen LogP contribution in [-0.2, 0) is 9.31 Å². The topological polar surface area (TPSA) is 34.2 Å². The fraction of sp³-hybridized carbons (Fsp3) is 0.667. The van der Waals surface area contributed by atoms with Crippen molar-refractivity contribution in [3.8, 4) is 5.75 Å². The average Bonchev–Trinajstić information content (AvgIpc) is 2.85. The molecule has 2 heterocycles. The zero-order valence-corrected chi connectivity index (χ0v) is 14.4. The predicted octanol–water partition coefficient (Wildman–Crippen LogP) is 1.75. The Bertz CT molecular complexity index is 956. The summed E-state index contributed by atoms with van der Waals surface area (Å²) in [6.07, 6.45) is 0. The Morgan fingerprint density at radius 1 is 1.12 bits per heavy atom. The molecule has 24 heavy (non-hydrogen) atoms. The fourth-order valence-electron chi connectivity index (χ4n) is 2.39. The summed E-state index contributed by atoms with van der Waals surface area (Å²) in [5.41, 5.74) is -1.21. The zero-order chi connectivity index (χ0) is 27.2. The Labute approximate surface area is 161 Å². The normalized spacial score (nSPS) is 39.3. The SMILES string of the molecule is [2H]C([2H])([2H])N1C([2H])([2H])C([2H])([2H])N(c2ccc(B3OC(C)(C)C(C)(C)O3)c(OC)c2)C([2H])([2H])C1([2H])[2H]. The van der Waals surface area contributed by atoms with Crippen LogP contribution < -0.4 is 15.1 Å². The standard InChI is InChI=1S/C18H29BN2O3/c1-17(2)18(3,4)24-19(23-17)15-8-7-14(13-16(15)22-6)21-11-9-20(5)10-12-21/h7-8,13H,9-12H2,1-6H3/i5D3,9D2,10D2,11D2,12D2. The van der Waals surface area contributed by atoms with Gasteiger partial charge in [0.25, 0.3) is 0 Å². The Morgan fingerprint density at radius 3 is 2.29 bits per heavy atom. The molecule has 0 saturated carbocycles. The number of hydrogen-bond donors (Lipinski definition) is 0.